The van der Waals surface area contributed by atoms with Crippen molar-refractivity contribution in [3.8, 4) is 11.5 Å². The van der Waals surface area contributed by atoms with Gasteiger partial charge in [0.2, 0.25) is 10.0 Å². The van der Waals surface area contributed by atoms with Crippen LogP contribution in [0.5, 0.6) is 11.5 Å². The fourth-order valence-corrected chi connectivity index (χ4v) is 4.58. The molecule has 0 bridgehead atoms. The quantitative estimate of drug-likeness (QED) is 0.426. The van der Waals surface area contributed by atoms with Crippen LogP contribution in [0, 0.1) is 0 Å². The summed E-state index contributed by atoms with van der Waals surface area (Å²) >= 11 is 0. The average Bonchev–Trinajstić information content (AvgIpc) is 2.87. The fraction of sp³-hybridized carbons (Fsp3) is 0.304. The molecule has 1 heterocycles. The van der Waals surface area contributed by atoms with Gasteiger partial charge < -0.3 is 14.2 Å². The van der Waals surface area contributed by atoms with Crippen LogP contribution < -0.4 is 20.3 Å². The second kappa shape index (κ2) is 11.6. The number of carbonyl (C=O) groups excluding carboxylic acids is 2. The predicted molar refractivity (Wildman–Crippen MR) is 125 cm³/mol. The highest BCUT2D eigenvalue weighted by Gasteiger charge is 2.25. The number of rotatable bonds is 8. The zero-order chi connectivity index (χ0) is 24.6. The van der Waals surface area contributed by atoms with E-state index in [9.17, 15) is 18.0 Å². The second-order valence-electron chi connectivity index (χ2n) is 7.16. The Labute approximate surface area is 198 Å². The molecule has 0 saturated carbocycles. The van der Waals surface area contributed by atoms with Gasteiger partial charge in [0, 0.05) is 24.7 Å². The number of sulfonamides is 1. The van der Waals surface area contributed by atoms with Gasteiger partial charge in [0.1, 0.15) is 0 Å². The average molecular weight is 490 g/mol. The Balaban J connectivity index is 1.55. The molecule has 2 aromatic carbocycles. The van der Waals surface area contributed by atoms with Gasteiger partial charge in [-0.3, -0.25) is 20.4 Å². The molecule has 1 fully saturated rings. The second-order valence-corrected chi connectivity index (χ2v) is 9.10. The molecule has 0 atom stereocenters. The van der Waals surface area contributed by atoms with E-state index in [0.717, 1.165) is 0 Å². The maximum absolute atomic E-state index is 12.7. The van der Waals surface area contributed by atoms with Gasteiger partial charge in [-0.1, -0.05) is 12.1 Å². The molecular formula is C23H27N3O7S. The van der Waals surface area contributed by atoms with Crippen LogP contribution in [0.2, 0.25) is 0 Å². The van der Waals surface area contributed by atoms with Crippen LogP contribution in [0.4, 0.5) is 0 Å². The predicted octanol–water partition coefficient (Wildman–Crippen LogP) is 1.59. The molecule has 1 aliphatic rings. The van der Waals surface area contributed by atoms with Crippen molar-refractivity contribution in [1.82, 2.24) is 15.2 Å². The number of nitrogens with one attached hydrogen (secondary N) is 2. The minimum atomic E-state index is -3.58. The maximum Gasteiger partial charge on any atom is 0.269 e. The van der Waals surface area contributed by atoms with Gasteiger partial charge in [0.05, 0.1) is 31.8 Å². The Morgan fingerprint density at radius 2 is 1.76 bits per heavy atom. The molecule has 0 aliphatic carbocycles. The molecule has 1 saturated heterocycles. The number of nitrogens with zero attached hydrogens (tertiary/aromatic N) is 1. The van der Waals surface area contributed by atoms with E-state index in [-0.39, 0.29) is 10.5 Å². The normalized spacial score (nSPS) is 14.5. The molecule has 2 N–H and O–H groups in total. The van der Waals surface area contributed by atoms with E-state index < -0.39 is 21.8 Å². The topological polar surface area (TPSA) is 123 Å². The number of carbonyl (C=O) groups is 2. The van der Waals surface area contributed by atoms with Crippen LogP contribution >= 0.6 is 0 Å². The largest absolute Gasteiger partial charge is 0.493 e. The zero-order valence-electron chi connectivity index (χ0n) is 18.9. The third kappa shape index (κ3) is 6.34. The standard InChI is InChI=1S/C23H27N3O7S/c1-3-33-20-10-7-18(16-21(20)31-2)23(28)25-24-22(27)11-6-17-4-8-19(9-5-17)34(29,30)26-12-14-32-15-13-26/h4-11,16H,3,12-15H2,1-2H3,(H,24,27)(H,25,28)/b11-6+. The van der Waals surface area contributed by atoms with Gasteiger partial charge in [-0.25, -0.2) is 8.42 Å². The summed E-state index contributed by atoms with van der Waals surface area (Å²) in [7, 11) is -2.11. The Morgan fingerprint density at radius 3 is 2.41 bits per heavy atom. The van der Waals surface area contributed by atoms with Crippen LogP contribution in [-0.4, -0.2) is 64.6 Å². The van der Waals surface area contributed by atoms with Gasteiger partial charge in [-0.2, -0.15) is 4.31 Å². The minimum Gasteiger partial charge on any atom is -0.493 e. The summed E-state index contributed by atoms with van der Waals surface area (Å²) in [5.74, 6) is -0.172. The summed E-state index contributed by atoms with van der Waals surface area (Å²) < 4.78 is 42.5. The van der Waals surface area contributed by atoms with Crippen LogP contribution in [0.25, 0.3) is 6.08 Å². The third-order valence-corrected chi connectivity index (χ3v) is 6.85. The molecule has 2 aromatic rings. The Hall–Kier alpha value is -3.41. The van der Waals surface area contributed by atoms with Gasteiger partial charge in [0.25, 0.3) is 11.8 Å². The summed E-state index contributed by atoms with van der Waals surface area (Å²) in [6.07, 6.45) is 2.73. The number of hydrogen-bond donors (Lipinski definition) is 2. The first-order valence-electron chi connectivity index (χ1n) is 10.6. The van der Waals surface area contributed by atoms with Gasteiger partial charge >= 0.3 is 0 Å². The first-order chi connectivity index (χ1) is 16.3. The molecule has 0 aromatic heterocycles. The van der Waals surface area contributed by atoms with E-state index in [2.05, 4.69) is 10.9 Å². The van der Waals surface area contributed by atoms with E-state index in [0.29, 0.717) is 50.0 Å². The van der Waals surface area contributed by atoms with Crippen LogP contribution in [0.15, 0.2) is 53.4 Å². The lowest BCUT2D eigenvalue weighted by Crippen LogP contribution is -2.40. The molecule has 34 heavy (non-hydrogen) atoms. The van der Waals surface area contributed by atoms with Crippen molar-refractivity contribution in [3.63, 3.8) is 0 Å². The number of hydrazine groups is 1. The Kier molecular flexibility index (Phi) is 8.63. The van der Waals surface area contributed by atoms with Crippen molar-refractivity contribution < 1.29 is 32.2 Å². The highest BCUT2D eigenvalue weighted by molar-refractivity contribution is 7.89. The number of benzene rings is 2. The first kappa shape index (κ1) is 25.2. The van der Waals surface area contributed by atoms with Crippen LogP contribution in [0.3, 0.4) is 0 Å². The first-order valence-corrected chi connectivity index (χ1v) is 12.1. The third-order valence-electron chi connectivity index (χ3n) is 4.94. The summed E-state index contributed by atoms with van der Waals surface area (Å²) in [5, 5.41) is 0. The highest BCUT2D eigenvalue weighted by Crippen LogP contribution is 2.28. The van der Waals surface area contributed by atoms with Gasteiger partial charge in [-0.05, 0) is 48.9 Å². The molecule has 3 rings (SSSR count). The van der Waals surface area contributed by atoms with Crippen molar-refractivity contribution in [3.05, 3.63) is 59.7 Å². The molecule has 0 radical (unpaired) electrons. The van der Waals surface area contributed by atoms with Crippen molar-refractivity contribution in [2.45, 2.75) is 11.8 Å². The number of methoxy groups -OCH3 is 1. The smallest absolute Gasteiger partial charge is 0.269 e. The molecule has 0 spiro atoms. The maximum atomic E-state index is 12.7. The summed E-state index contributed by atoms with van der Waals surface area (Å²) in [6.45, 7) is 3.68. The van der Waals surface area contributed by atoms with E-state index in [1.165, 1.54) is 41.8 Å². The molecule has 0 unspecified atom stereocenters. The number of hydrogen-bond acceptors (Lipinski definition) is 7. The van der Waals surface area contributed by atoms with Crippen molar-refractivity contribution in [2.75, 3.05) is 40.0 Å². The Morgan fingerprint density at radius 1 is 1.06 bits per heavy atom. The van der Waals surface area contributed by atoms with Crippen LogP contribution in [0.1, 0.15) is 22.8 Å². The number of morpholine rings is 1. The molecule has 11 heteroatoms. The Bertz CT molecular complexity index is 1140. The molecular weight excluding hydrogens is 462 g/mol. The summed E-state index contributed by atoms with van der Waals surface area (Å²) in [4.78, 5) is 24.6. The lowest BCUT2D eigenvalue weighted by Gasteiger charge is -2.26. The van der Waals surface area contributed by atoms with Crippen molar-refractivity contribution in [1.29, 1.82) is 0 Å². The summed E-state index contributed by atoms with van der Waals surface area (Å²) in [5.41, 5.74) is 5.52. The minimum absolute atomic E-state index is 0.175. The monoisotopic (exact) mass is 489 g/mol. The molecule has 10 nitrogen and oxygen atoms in total. The van der Waals surface area contributed by atoms with Crippen LogP contribution in [-0.2, 0) is 19.6 Å². The fourth-order valence-electron chi connectivity index (χ4n) is 3.17. The van der Waals surface area contributed by atoms with Crippen molar-refractivity contribution >= 4 is 27.9 Å². The number of ether oxygens (including phenoxy) is 3. The lowest BCUT2D eigenvalue weighted by molar-refractivity contribution is -0.117. The van der Waals surface area contributed by atoms with E-state index in [4.69, 9.17) is 14.2 Å². The lowest BCUT2D eigenvalue weighted by atomic mass is 10.2. The zero-order valence-corrected chi connectivity index (χ0v) is 19.8. The summed E-state index contributed by atoms with van der Waals surface area (Å²) in [6, 6.07) is 10.9. The van der Waals surface area contributed by atoms with E-state index in [1.807, 2.05) is 6.92 Å². The highest BCUT2D eigenvalue weighted by atomic mass is 32.2. The van der Waals surface area contributed by atoms with E-state index >= 15 is 0 Å². The molecule has 182 valence electrons. The van der Waals surface area contributed by atoms with Gasteiger partial charge in [-0.15, -0.1) is 0 Å². The van der Waals surface area contributed by atoms with E-state index in [1.54, 1.807) is 24.3 Å². The molecule has 2 amide bonds. The molecule has 1 aliphatic heterocycles. The number of amides is 2. The van der Waals surface area contributed by atoms with Gasteiger partial charge in [0.15, 0.2) is 11.5 Å². The SMILES string of the molecule is CCOc1ccc(C(=O)NNC(=O)/C=C/c2ccc(S(=O)(=O)N3CCOCC3)cc2)cc1OC. The van der Waals surface area contributed by atoms with Crippen molar-refractivity contribution in [2.24, 2.45) is 0 Å².